The number of pyridine rings is 2. The maximum atomic E-state index is 5.11. The van der Waals surface area contributed by atoms with Gasteiger partial charge in [0.25, 0.3) is 0 Å². The van der Waals surface area contributed by atoms with E-state index in [1.807, 2.05) is 4.52 Å². The van der Waals surface area contributed by atoms with Crippen molar-refractivity contribution >= 4 is 16.7 Å². The lowest BCUT2D eigenvalue weighted by atomic mass is 9.98. The van der Waals surface area contributed by atoms with Crippen molar-refractivity contribution in [2.75, 3.05) is 19.6 Å². The predicted molar refractivity (Wildman–Crippen MR) is 121 cm³/mol. The van der Waals surface area contributed by atoms with E-state index in [1.165, 1.54) is 43.6 Å². The third-order valence-electron chi connectivity index (χ3n) is 6.30. The molecule has 0 radical (unpaired) electrons. The topological polar surface area (TPSA) is 62.1 Å². The molecule has 0 bridgehead atoms. The Kier molecular flexibility index (Phi) is 5.03. The van der Waals surface area contributed by atoms with Crippen molar-refractivity contribution in [1.82, 2.24) is 29.5 Å². The van der Waals surface area contributed by atoms with Crippen LogP contribution in [0.3, 0.4) is 0 Å². The van der Waals surface area contributed by atoms with E-state index in [0.29, 0.717) is 5.92 Å². The Morgan fingerprint density at radius 3 is 2.77 bits per heavy atom. The zero-order chi connectivity index (χ0) is 20.7. The molecule has 4 aromatic heterocycles. The van der Waals surface area contributed by atoms with E-state index in [2.05, 4.69) is 65.1 Å². The molecule has 1 aliphatic rings. The smallest absolute Gasteiger partial charge is 0.158 e. The summed E-state index contributed by atoms with van der Waals surface area (Å²) < 4.78 is 1.86. The highest BCUT2D eigenvalue weighted by atomic mass is 15.3. The largest absolute Gasteiger partial charge is 0.353 e. The van der Waals surface area contributed by atoms with Crippen LogP contribution in [0.25, 0.3) is 27.9 Å². The number of piperidine rings is 1. The minimum Gasteiger partial charge on any atom is -0.353 e. The van der Waals surface area contributed by atoms with Gasteiger partial charge in [-0.2, -0.15) is 5.10 Å². The highest BCUT2D eigenvalue weighted by Gasteiger charge is 2.19. The molecule has 4 aromatic rings. The Labute approximate surface area is 177 Å². The summed E-state index contributed by atoms with van der Waals surface area (Å²) in [4.78, 5) is 15.7. The Bertz CT molecular complexity index is 1180. The molecular formula is C24H30N6. The van der Waals surface area contributed by atoms with Gasteiger partial charge < -0.3 is 9.88 Å². The quantitative estimate of drug-likeness (QED) is 0.524. The number of fused-ring (bicyclic) bond motifs is 2. The third kappa shape index (κ3) is 3.49. The molecular weight excluding hydrogens is 372 g/mol. The second-order valence-electron chi connectivity index (χ2n) is 8.86. The summed E-state index contributed by atoms with van der Waals surface area (Å²) in [7, 11) is 0. The Morgan fingerprint density at radius 1 is 1.13 bits per heavy atom. The average molecular weight is 403 g/mol. The van der Waals surface area contributed by atoms with Crippen molar-refractivity contribution in [1.29, 1.82) is 0 Å². The first-order chi connectivity index (χ1) is 14.6. The van der Waals surface area contributed by atoms with Gasteiger partial charge in [-0.25, -0.2) is 9.50 Å². The molecule has 0 amide bonds. The number of H-pyrrole nitrogens is 1. The molecule has 1 saturated heterocycles. The lowest BCUT2D eigenvalue weighted by molar-refractivity contribution is 0.231. The Morgan fingerprint density at radius 2 is 1.97 bits per heavy atom. The molecule has 5 rings (SSSR count). The number of nitrogens with zero attached hydrogens (tertiary/aromatic N) is 5. The molecule has 6 heteroatoms. The summed E-state index contributed by atoms with van der Waals surface area (Å²) in [5.74, 6) is 0.366. The molecule has 5 heterocycles. The maximum absolute atomic E-state index is 5.11. The van der Waals surface area contributed by atoms with Gasteiger partial charge in [-0.3, -0.25) is 4.98 Å². The van der Waals surface area contributed by atoms with Gasteiger partial charge in [-0.05, 0) is 62.5 Å². The van der Waals surface area contributed by atoms with Crippen LogP contribution in [0.15, 0.2) is 30.7 Å². The summed E-state index contributed by atoms with van der Waals surface area (Å²) in [6, 6.07) is 6.57. The summed E-state index contributed by atoms with van der Waals surface area (Å²) in [5.41, 5.74) is 8.96. The SMILES string of the molecule is Cc1cc(-c2[nH]c3ccc(CCN4CCCCC4)nc3c2C(C)C)cn2ncnc12. The van der Waals surface area contributed by atoms with E-state index < -0.39 is 0 Å². The van der Waals surface area contributed by atoms with E-state index in [9.17, 15) is 0 Å². The predicted octanol–water partition coefficient (Wildman–Crippen LogP) is 4.73. The third-order valence-corrected chi connectivity index (χ3v) is 6.30. The monoisotopic (exact) mass is 402 g/mol. The highest BCUT2D eigenvalue weighted by Crippen LogP contribution is 2.35. The Hall–Kier alpha value is -2.73. The molecule has 156 valence electrons. The number of rotatable bonds is 5. The van der Waals surface area contributed by atoms with E-state index >= 15 is 0 Å². The van der Waals surface area contributed by atoms with E-state index in [0.717, 1.165) is 46.5 Å². The number of aromatic nitrogens is 5. The second kappa shape index (κ2) is 7.84. The van der Waals surface area contributed by atoms with Gasteiger partial charge in [0, 0.05) is 36.0 Å². The summed E-state index contributed by atoms with van der Waals surface area (Å²) in [5, 5.41) is 4.35. The summed E-state index contributed by atoms with van der Waals surface area (Å²) in [6.07, 6.45) is 8.73. The van der Waals surface area contributed by atoms with Gasteiger partial charge in [0.05, 0.1) is 16.7 Å². The normalized spacial score (nSPS) is 15.6. The van der Waals surface area contributed by atoms with Crippen LogP contribution in [0.1, 0.15) is 55.8 Å². The zero-order valence-electron chi connectivity index (χ0n) is 18.1. The van der Waals surface area contributed by atoms with Crippen molar-refractivity contribution < 1.29 is 0 Å². The molecule has 1 N–H and O–H groups in total. The second-order valence-corrected chi connectivity index (χ2v) is 8.86. The minimum absolute atomic E-state index is 0.366. The van der Waals surface area contributed by atoms with Crippen LogP contribution in [0.4, 0.5) is 0 Å². The van der Waals surface area contributed by atoms with Crippen molar-refractivity contribution in [2.45, 2.75) is 52.4 Å². The van der Waals surface area contributed by atoms with Crippen LogP contribution in [-0.4, -0.2) is 49.1 Å². The van der Waals surface area contributed by atoms with Crippen molar-refractivity contribution in [2.24, 2.45) is 0 Å². The van der Waals surface area contributed by atoms with E-state index in [1.54, 1.807) is 6.33 Å². The van der Waals surface area contributed by atoms with Crippen molar-refractivity contribution in [3.05, 3.63) is 47.5 Å². The first-order valence-electron chi connectivity index (χ1n) is 11.1. The number of aromatic amines is 1. The fraction of sp³-hybridized carbons (Fsp3) is 0.458. The maximum Gasteiger partial charge on any atom is 0.158 e. The number of aryl methyl sites for hydroxylation is 1. The number of hydrogen-bond donors (Lipinski definition) is 1. The molecule has 0 saturated carbocycles. The van der Waals surface area contributed by atoms with E-state index in [-0.39, 0.29) is 0 Å². The highest BCUT2D eigenvalue weighted by molar-refractivity contribution is 5.88. The molecule has 0 unspecified atom stereocenters. The molecule has 6 nitrogen and oxygen atoms in total. The van der Waals surface area contributed by atoms with Gasteiger partial charge in [0.15, 0.2) is 5.65 Å². The summed E-state index contributed by atoms with van der Waals surface area (Å²) >= 11 is 0. The van der Waals surface area contributed by atoms with Gasteiger partial charge in [0.2, 0.25) is 0 Å². The van der Waals surface area contributed by atoms with Crippen LogP contribution in [-0.2, 0) is 6.42 Å². The molecule has 0 atom stereocenters. The standard InChI is InChI=1S/C24H30N6/c1-16(2)21-22(18-13-17(3)24-25-15-26-30(24)14-18)28-20-8-7-19(27-23(20)21)9-12-29-10-5-4-6-11-29/h7-8,13-16,28H,4-6,9-12H2,1-3H3. The molecule has 0 aliphatic carbocycles. The van der Waals surface area contributed by atoms with Crippen molar-refractivity contribution in [3.8, 4) is 11.3 Å². The van der Waals surface area contributed by atoms with Crippen LogP contribution < -0.4 is 0 Å². The summed E-state index contributed by atoms with van der Waals surface area (Å²) in [6.45, 7) is 10.1. The van der Waals surface area contributed by atoms with Gasteiger partial charge in [-0.1, -0.05) is 20.3 Å². The Balaban J connectivity index is 1.53. The fourth-order valence-corrected chi connectivity index (χ4v) is 4.74. The lowest BCUT2D eigenvalue weighted by Gasteiger charge is -2.26. The minimum atomic E-state index is 0.366. The average Bonchev–Trinajstić information content (AvgIpc) is 3.37. The van der Waals surface area contributed by atoms with Crippen LogP contribution >= 0.6 is 0 Å². The molecule has 0 spiro atoms. The van der Waals surface area contributed by atoms with Gasteiger partial charge >= 0.3 is 0 Å². The van der Waals surface area contributed by atoms with Gasteiger partial charge in [-0.15, -0.1) is 0 Å². The number of nitrogens with one attached hydrogen (secondary N) is 1. The molecule has 0 aromatic carbocycles. The number of hydrogen-bond acceptors (Lipinski definition) is 4. The first-order valence-corrected chi connectivity index (χ1v) is 11.1. The lowest BCUT2D eigenvalue weighted by Crippen LogP contribution is -2.31. The van der Waals surface area contributed by atoms with Crippen LogP contribution in [0.2, 0.25) is 0 Å². The van der Waals surface area contributed by atoms with E-state index in [4.69, 9.17) is 4.98 Å². The van der Waals surface area contributed by atoms with Crippen molar-refractivity contribution in [3.63, 3.8) is 0 Å². The molecule has 1 aliphatic heterocycles. The molecule has 30 heavy (non-hydrogen) atoms. The zero-order valence-corrected chi connectivity index (χ0v) is 18.1. The first kappa shape index (κ1) is 19.2. The fourth-order valence-electron chi connectivity index (χ4n) is 4.74. The van der Waals surface area contributed by atoms with Crippen LogP contribution in [0.5, 0.6) is 0 Å². The van der Waals surface area contributed by atoms with Crippen LogP contribution in [0, 0.1) is 6.92 Å². The molecule has 1 fully saturated rings. The van der Waals surface area contributed by atoms with Gasteiger partial charge in [0.1, 0.15) is 6.33 Å². The number of likely N-dealkylation sites (tertiary alicyclic amines) is 1.